The van der Waals surface area contributed by atoms with Crippen LogP contribution in [0.15, 0.2) is 36.4 Å². The number of carboxylic acid groups (broad SMARTS) is 1. The molecule has 5 nitrogen and oxygen atoms in total. The Labute approximate surface area is 139 Å². The summed E-state index contributed by atoms with van der Waals surface area (Å²) in [5.41, 5.74) is 1.89. The Morgan fingerprint density at radius 2 is 2.09 bits per heavy atom. The summed E-state index contributed by atoms with van der Waals surface area (Å²) in [5.74, 6) is 0.129. The van der Waals surface area contributed by atoms with E-state index < -0.39 is 5.97 Å². The Kier molecular flexibility index (Phi) is 4.30. The first-order valence-corrected chi connectivity index (χ1v) is 7.54. The first-order valence-electron chi connectivity index (χ1n) is 7.16. The van der Waals surface area contributed by atoms with E-state index >= 15 is 0 Å². The molecule has 0 aliphatic carbocycles. The summed E-state index contributed by atoms with van der Waals surface area (Å²) in [6.07, 6.45) is 0. The van der Waals surface area contributed by atoms with Crippen molar-refractivity contribution in [3.8, 4) is 11.5 Å². The molecule has 0 unspecified atom stereocenters. The molecule has 2 aromatic rings. The highest BCUT2D eigenvalue weighted by atomic mass is 35.5. The van der Waals surface area contributed by atoms with Gasteiger partial charge in [-0.3, -0.25) is 0 Å². The zero-order valence-electron chi connectivity index (χ0n) is 12.6. The fraction of sp³-hybridized carbons (Fsp3) is 0.235. The Morgan fingerprint density at radius 3 is 2.74 bits per heavy atom. The smallest absolute Gasteiger partial charge is 0.339 e. The normalized spacial score (nSPS) is 13.2. The van der Waals surface area contributed by atoms with Gasteiger partial charge in [-0.1, -0.05) is 23.7 Å². The molecule has 1 heterocycles. The van der Waals surface area contributed by atoms with Crippen molar-refractivity contribution in [3.63, 3.8) is 0 Å². The van der Waals surface area contributed by atoms with Crippen LogP contribution in [0, 0.1) is 0 Å². The fourth-order valence-corrected chi connectivity index (χ4v) is 2.83. The van der Waals surface area contributed by atoms with E-state index in [0.29, 0.717) is 36.2 Å². The van der Waals surface area contributed by atoms with Gasteiger partial charge in [0.05, 0.1) is 19.3 Å². The van der Waals surface area contributed by atoms with Crippen LogP contribution in [-0.4, -0.2) is 31.3 Å². The Morgan fingerprint density at radius 1 is 1.35 bits per heavy atom. The third-order valence-electron chi connectivity index (χ3n) is 3.75. The van der Waals surface area contributed by atoms with E-state index in [0.717, 1.165) is 11.3 Å². The molecule has 0 amide bonds. The van der Waals surface area contributed by atoms with E-state index in [1.807, 2.05) is 24.3 Å². The van der Waals surface area contributed by atoms with Gasteiger partial charge in [0.1, 0.15) is 17.9 Å². The number of hydrogen-bond donors (Lipinski definition) is 1. The third-order valence-corrected chi connectivity index (χ3v) is 3.96. The molecular weight excluding hydrogens is 318 g/mol. The quantitative estimate of drug-likeness (QED) is 0.928. The maximum absolute atomic E-state index is 11.4. The van der Waals surface area contributed by atoms with Crippen LogP contribution in [0.4, 0.5) is 5.69 Å². The molecule has 23 heavy (non-hydrogen) atoms. The molecular formula is C17H16ClNO4. The van der Waals surface area contributed by atoms with Crippen molar-refractivity contribution < 1.29 is 19.4 Å². The number of methoxy groups -OCH3 is 1. The Bertz CT molecular complexity index is 730. The van der Waals surface area contributed by atoms with E-state index in [4.69, 9.17) is 21.1 Å². The number of aromatic carboxylic acids is 1. The second-order valence-electron chi connectivity index (χ2n) is 5.22. The number of anilines is 1. The van der Waals surface area contributed by atoms with Gasteiger partial charge in [0.2, 0.25) is 0 Å². The minimum atomic E-state index is -1.05. The largest absolute Gasteiger partial charge is 0.497 e. The minimum Gasteiger partial charge on any atom is -0.497 e. The molecule has 120 valence electrons. The number of carbonyl (C=O) groups is 1. The lowest BCUT2D eigenvalue weighted by Gasteiger charge is -2.32. The number of rotatable bonds is 4. The standard InChI is InChI=1S/C17H16ClNO4/c1-22-13-4-2-11(3-5-13)10-19-6-7-23-16-14(17(20)21)8-12(18)9-15(16)19/h2-5,8-9H,6-7,10H2,1H3,(H,20,21). The SMILES string of the molecule is COc1ccc(CN2CCOc3c(C(=O)O)cc(Cl)cc32)cc1. The molecule has 2 aromatic carbocycles. The van der Waals surface area contributed by atoms with Crippen LogP contribution in [0.3, 0.4) is 0 Å². The second kappa shape index (κ2) is 6.38. The summed E-state index contributed by atoms with van der Waals surface area (Å²) in [7, 11) is 1.63. The van der Waals surface area contributed by atoms with Gasteiger partial charge in [-0.05, 0) is 29.8 Å². The number of halogens is 1. The molecule has 0 fully saturated rings. The lowest BCUT2D eigenvalue weighted by molar-refractivity contribution is 0.0692. The average molecular weight is 334 g/mol. The molecule has 0 aromatic heterocycles. The van der Waals surface area contributed by atoms with Crippen LogP contribution in [0.5, 0.6) is 11.5 Å². The van der Waals surface area contributed by atoms with Gasteiger partial charge in [0.25, 0.3) is 0 Å². The summed E-state index contributed by atoms with van der Waals surface area (Å²) in [6.45, 7) is 1.74. The monoisotopic (exact) mass is 333 g/mol. The summed E-state index contributed by atoms with van der Waals surface area (Å²) in [5, 5.41) is 9.71. The van der Waals surface area contributed by atoms with Crippen molar-refractivity contribution in [2.75, 3.05) is 25.2 Å². The predicted molar refractivity (Wildman–Crippen MR) is 88.0 cm³/mol. The minimum absolute atomic E-state index is 0.0898. The van der Waals surface area contributed by atoms with E-state index in [9.17, 15) is 9.90 Å². The number of hydrogen-bond acceptors (Lipinski definition) is 4. The van der Waals surface area contributed by atoms with Crippen molar-refractivity contribution in [1.29, 1.82) is 0 Å². The lowest BCUT2D eigenvalue weighted by Crippen LogP contribution is -2.33. The van der Waals surface area contributed by atoms with E-state index in [1.54, 1.807) is 13.2 Å². The molecule has 3 rings (SSSR count). The van der Waals surface area contributed by atoms with Gasteiger partial charge in [-0.15, -0.1) is 0 Å². The number of ether oxygens (including phenoxy) is 2. The van der Waals surface area contributed by atoms with Gasteiger partial charge in [0, 0.05) is 11.6 Å². The second-order valence-corrected chi connectivity index (χ2v) is 5.66. The average Bonchev–Trinajstić information content (AvgIpc) is 2.55. The topological polar surface area (TPSA) is 59.0 Å². The Hall–Kier alpha value is -2.40. The summed E-state index contributed by atoms with van der Waals surface area (Å²) in [6, 6.07) is 10.9. The molecule has 0 atom stereocenters. The zero-order valence-corrected chi connectivity index (χ0v) is 13.3. The maximum Gasteiger partial charge on any atom is 0.339 e. The van der Waals surface area contributed by atoms with Crippen LogP contribution >= 0.6 is 11.6 Å². The maximum atomic E-state index is 11.4. The highest BCUT2D eigenvalue weighted by Gasteiger charge is 2.25. The van der Waals surface area contributed by atoms with Gasteiger partial charge in [-0.25, -0.2) is 4.79 Å². The summed E-state index contributed by atoms with van der Waals surface area (Å²) >= 11 is 6.07. The van der Waals surface area contributed by atoms with Gasteiger partial charge in [0.15, 0.2) is 5.75 Å². The van der Waals surface area contributed by atoms with Crippen molar-refractivity contribution in [2.45, 2.75) is 6.54 Å². The Balaban J connectivity index is 1.93. The molecule has 1 N–H and O–H groups in total. The summed E-state index contributed by atoms with van der Waals surface area (Å²) in [4.78, 5) is 13.5. The number of fused-ring (bicyclic) bond motifs is 1. The highest BCUT2D eigenvalue weighted by molar-refractivity contribution is 6.31. The first kappa shape index (κ1) is 15.5. The van der Waals surface area contributed by atoms with E-state index in [-0.39, 0.29) is 5.56 Å². The molecule has 0 saturated carbocycles. The van der Waals surface area contributed by atoms with Crippen LogP contribution in [-0.2, 0) is 6.54 Å². The van der Waals surface area contributed by atoms with Gasteiger partial charge in [-0.2, -0.15) is 0 Å². The molecule has 1 aliphatic heterocycles. The number of nitrogens with zero attached hydrogens (tertiary/aromatic N) is 1. The van der Waals surface area contributed by atoms with Crippen LogP contribution < -0.4 is 14.4 Å². The third kappa shape index (κ3) is 3.19. The molecule has 6 heteroatoms. The van der Waals surface area contributed by atoms with Gasteiger partial charge < -0.3 is 19.5 Å². The van der Waals surface area contributed by atoms with Crippen molar-refractivity contribution >= 4 is 23.3 Å². The zero-order chi connectivity index (χ0) is 16.4. The fourth-order valence-electron chi connectivity index (χ4n) is 2.62. The number of benzene rings is 2. The lowest BCUT2D eigenvalue weighted by atomic mass is 10.1. The van der Waals surface area contributed by atoms with E-state index in [2.05, 4.69) is 4.90 Å². The molecule has 0 spiro atoms. The number of carboxylic acids is 1. The highest BCUT2D eigenvalue weighted by Crippen LogP contribution is 2.38. The van der Waals surface area contributed by atoms with Crippen molar-refractivity contribution in [2.24, 2.45) is 0 Å². The van der Waals surface area contributed by atoms with Crippen LogP contribution in [0.1, 0.15) is 15.9 Å². The molecule has 1 aliphatic rings. The van der Waals surface area contributed by atoms with E-state index in [1.165, 1.54) is 6.07 Å². The van der Waals surface area contributed by atoms with Crippen molar-refractivity contribution in [3.05, 3.63) is 52.5 Å². The van der Waals surface area contributed by atoms with Gasteiger partial charge >= 0.3 is 5.97 Å². The first-order chi connectivity index (χ1) is 11.1. The predicted octanol–water partition coefficient (Wildman–Crippen LogP) is 3.45. The molecule has 0 bridgehead atoms. The molecule has 0 radical (unpaired) electrons. The molecule has 0 saturated heterocycles. The van der Waals surface area contributed by atoms with Crippen molar-refractivity contribution in [1.82, 2.24) is 0 Å². The van der Waals surface area contributed by atoms with Crippen LogP contribution in [0.2, 0.25) is 5.02 Å². The van der Waals surface area contributed by atoms with Crippen LogP contribution in [0.25, 0.3) is 0 Å². The summed E-state index contributed by atoms with van der Waals surface area (Å²) < 4.78 is 10.7.